The Kier molecular flexibility index (Phi) is 6.73. The van der Waals surface area contributed by atoms with Crippen LogP contribution in [0.1, 0.15) is 39.0 Å². The van der Waals surface area contributed by atoms with Gasteiger partial charge in [0, 0.05) is 33.8 Å². The molecule has 0 spiro atoms. The van der Waals surface area contributed by atoms with Gasteiger partial charge in [-0.1, -0.05) is 33.3 Å². The predicted molar refractivity (Wildman–Crippen MR) is 122 cm³/mol. The van der Waals surface area contributed by atoms with Gasteiger partial charge in [0.2, 0.25) is 0 Å². The number of halogens is 3. The molecule has 34 heavy (non-hydrogen) atoms. The normalized spacial score (nSPS) is 18.6. The number of hydrogen-bond acceptors (Lipinski definition) is 5. The Hall–Kier alpha value is -3.42. The molecule has 1 aromatic heterocycles. The molecule has 2 heterocycles. The fraction of sp³-hybridized carbons (Fsp3) is 0.417. The van der Waals surface area contributed by atoms with Gasteiger partial charge in [0.05, 0.1) is 23.3 Å². The Labute approximate surface area is 198 Å². The number of benzene rings is 1. The van der Waals surface area contributed by atoms with E-state index in [1.165, 1.54) is 4.68 Å². The van der Waals surface area contributed by atoms with Crippen LogP contribution in [0.2, 0.25) is 0 Å². The van der Waals surface area contributed by atoms with E-state index >= 15 is 0 Å². The number of alkyl halides is 3. The lowest BCUT2D eigenvalue weighted by atomic mass is 9.92. The number of hydrogen-bond donors (Lipinski definition) is 0. The zero-order valence-corrected chi connectivity index (χ0v) is 20.0. The van der Waals surface area contributed by atoms with Crippen molar-refractivity contribution in [2.75, 3.05) is 11.5 Å². The lowest BCUT2D eigenvalue weighted by Gasteiger charge is -2.43. The van der Waals surface area contributed by atoms with Gasteiger partial charge >= 0.3 is 12.1 Å². The molecule has 1 aliphatic rings. The molecular formula is C24H23F3N4O2S. The van der Waals surface area contributed by atoms with Crippen LogP contribution in [0.5, 0.6) is 0 Å². The van der Waals surface area contributed by atoms with Crippen LogP contribution in [0.25, 0.3) is 5.69 Å². The summed E-state index contributed by atoms with van der Waals surface area (Å²) in [5.41, 5.74) is 0.418. The first-order valence-corrected chi connectivity index (χ1v) is 12.3. The minimum absolute atomic E-state index is 0.0246. The molecule has 10 heteroatoms. The number of rotatable bonds is 4. The van der Waals surface area contributed by atoms with E-state index in [2.05, 4.69) is 34.0 Å². The van der Waals surface area contributed by atoms with E-state index in [1.807, 2.05) is 27.7 Å². The monoisotopic (exact) mass is 488 g/mol. The van der Waals surface area contributed by atoms with E-state index in [0.29, 0.717) is 16.9 Å². The van der Waals surface area contributed by atoms with Crippen molar-refractivity contribution < 1.29 is 22.1 Å². The van der Waals surface area contributed by atoms with Crippen molar-refractivity contribution in [3.05, 3.63) is 41.7 Å². The van der Waals surface area contributed by atoms with Crippen LogP contribution < -0.4 is 0 Å². The third-order valence-corrected chi connectivity index (χ3v) is 8.64. The van der Waals surface area contributed by atoms with Gasteiger partial charge in [0.15, 0.2) is 6.07 Å². The summed E-state index contributed by atoms with van der Waals surface area (Å²) in [4.78, 5) is 12.0. The quantitative estimate of drug-likeness (QED) is 0.591. The molecule has 3 rings (SSSR count). The van der Waals surface area contributed by atoms with Crippen LogP contribution in [-0.4, -0.2) is 38.6 Å². The van der Waals surface area contributed by atoms with Crippen molar-refractivity contribution in [2.45, 2.75) is 39.6 Å². The van der Waals surface area contributed by atoms with Gasteiger partial charge in [0.1, 0.15) is 0 Å². The Bertz CT molecular complexity index is 1230. The molecular weight excluding hydrogens is 465 g/mol. The lowest BCUT2D eigenvalue weighted by molar-refractivity contribution is -0.188. The Balaban J connectivity index is 1.94. The zero-order valence-electron chi connectivity index (χ0n) is 19.2. The molecule has 0 N–H and O–H groups in total. The van der Waals surface area contributed by atoms with Gasteiger partial charge in [0.25, 0.3) is 0 Å². The lowest BCUT2D eigenvalue weighted by Crippen LogP contribution is -2.34. The third kappa shape index (κ3) is 6.34. The van der Waals surface area contributed by atoms with Crippen molar-refractivity contribution >= 4 is 16.3 Å². The second-order valence-corrected chi connectivity index (χ2v) is 12.3. The number of nitriles is 1. The van der Waals surface area contributed by atoms with E-state index in [0.717, 1.165) is 0 Å². The number of carbonyl (C=O) groups is 1. The van der Waals surface area contributed by atoms with Gasteiger partial charge in [-0.25, -0.2) is 9.48 Å². The van der Waals surface area contributed by atoms with Gasteiger partial charge in [-0.15, -0.1) is 5.10 Å². The van der Waals surface area contributed by atoms with Crippen LogP contribution >= 0.6 is 10.3 Å². The van der Waals surface area contributed by atoms with Crippen molar-refractivity contribution in [2.24, 2.45) is 10.8 Å². The van der Waals surface area contributed by atoms with Crippen molar-refractivity contribution in [3.8, 4) is 35.4 Å². The van der Waals surface area contributed by atoms with Crippen molar-refractivity contribution in [3.63, 3.8) is 0 Å². The first kappa shape index (κ1) is 25.2. The fourth-order valence-electron chi connectivity index (χ4n) is 3.73. The standard InChI is InChI=1S/C24H23F3N4O2S/c1-22(2)11-12-23(3,4)17-34(16-22,33-21(32)24(25,26)27)15-19-14-31(30-29-19)20-9-7-18(8-10-20)6-5-13-28/h7-10,14H,15-17H2,1-4H3. The Morgan fingerprint density at radius 3 is 2.29 bits per heavy atom. The maximum atomic E-state index is 13.2. The molecule has 2 aromatic rings. The van der Waals surface area contributed by atoms with E-state index < -0.39 is 33.3 Å². The molecule has 0 amide bonds. The summed E-state index contributed by atoms with van der Waals surface area (Å²) in [5, 5.41) is 16.8. The molecule has 0 saturated carbocycles. The molecule has 0 bridgehead atoms. The molecule has 1 aliphatic heterocycles. The van der Waals surface area contributed by atoms with Crippen LogP contribution in [0.4, 0.5) is 13.2 Å². The maximum absolute atomic E-state index is 13.2. The Morgan fingerprint density at radius 1 is 1.18 bits per heavy atom. The highest BCUT2D eigenvalue weighted by molar-refractivity contribution is 8.29. The van der Waals surface area contributed by atoms with Crippen LogP contribution in [-0.2, 0) is 14.7 Å². The molecule has 0 atom stereocenters. The van der Waals surface area contributed by atoms with Crippen molar-refractivity contribution in [1.29, 1.82) is 5.26 Å². The molecule has 178 valence electrons. The third-order valence-electron chi connectivity index (χ3n) is 4.82. The predicted octanol–water partition coefficient (Wildman–Crippen LogP) is 4.54. The molecule has 6 nitrogen and oxygen atoms in total. The SMILES string of the molecule is CC1(C)C#CC(C)(C)CS(Cc2cn(-c3ccc(C#CC#N)cc3)nn2)(OC(=O)C(F)(F)F)C1. The summed E-state index contributed by atoms with van der Waals surface area (Å²) in [5.74, 6) is 9.49. The maximum Gasteiger partial charge on any atom is 0.491 e. The molecule has 1 aromatic carbocycles. The van der Waals surface area contributed by atoms with E-state index in [1.54, 1.807) is 36.5 Å². The second-order valence-electron chi connectivity index (χ2n) is 9.35. The van der Waals surface area contributed by atoms with Gasteiger partial charge in [-0.3, -0.25) is 0 Å². The largest absolute Gasteiger partial charge is 0.491 e. The summed E-state index contributed by atoms with van der Waals surface area (Å²) in [6, 6.07) is 8.64. The minimum atomic E-state index is -5.10. The Morgan fingerprint density at radius 2 is 1.76 bits per heavy atom. The van der Waals surface area contributed by atoms with Crippen LogP contribution in [0, 0.1) is 45.8 Å². The summed E-state index contributed by atoms with van der Waals surface area (Å²) in [6.45, 7) is 7.33. The van der Waals surface area contributed by atoms with Gasteiger partial charge < -0.3 is 4.18 Å². The molecule has 0 saturated heterocycles. The molecule has 0 radical (unpaired) electrons. The molecule has 0 fully saturated rings. The molecule has 0 unspecified atom stereocenters. The highest BCUT2D eigenvalue weighted by Gasteiger charge is 2.48. The zero-order chi connectivity index (χ0) is 25.2. The average Bonchev–Trinajstić information content (AvgIpc) is 3.14. The van der Waals surface area contributed by atoms with E-state index in [4.69, 9.17) is 9.44 Å². The van der Waals surface area contributed by atoms with E-state index in [-0.39, 0.29) is 17.3 Å². The second kappa shape index (κ2) is 9.08. The van der Waals surface area contributed by atoms with Crippen molar-refractivity contribution in [1.82, 2.24) is 15.0 Å². The first-order chi connectivity index (χ1) is 15.7. The van der Waals surface area contributed by atoms with Crippen LogP contribution in [0.15, 0.2) is 30.5 Å². The smallest absolute Gasteiger partial charge is 0.408 e. The highest BCUT2D eigenvalue weighted by Crippen LogP contribution is 2.60. The molecule has 0 aliphatic carbocycles. The van der Waals surface area contributed by atoms with Crippen LogP contribution in [0.3, 0.4) is 0 Å². The fourth-order valence-corrected chi connectivity index (χ4v) is 8.08. The van der Waals surface area contributed by atoms with Gasteiger partial charge in [-0.05, 0) is 52.0 Å². The number of aromatic nitrogens is 3. The van der Waals surface area contributed by atoms with E-state index in [9.17, 15) is 18.0 Å². The minimum Gasteiger partial charge on any atom is -0.408 e. The highest BCUT2D eigenvalue weighted by atomic mass is 32.3. The summed E-state index contributed by atoms with van der Waals surface area (Å²) < 4.78 is 46.3. The topological polar surface area (TPSA) is 80.8 Å². The summed E-state index contributed by atoms with van der Waals surface area (Å²) in [7, 11) is -2.63. The first-order valence-electron chi connectivity index (χ1n) is 10.3. The summed E-state index contributed by atoms with van der Waals surface area (Å²) >= 11 is 0. The summed E-state index contributed by atoms with van der Waals surface area (Å²) in [6.07, 6.45) is -3.49. The number of carbonyl (C=O) groups excluding carboxylic acids is 1. The van der Waals surface area contributed by atoms with Gasteiger partial charge in [-0.2, -0.15) is 18.4 Å². The number of nitrogens with zero attached hydrogens (tertiary/aromatic N) is 4. The average molecular weight is 489 g/mol.